The molecule has 0 radical (unpaired) electrons. The van der Waals surface area contributed by atoms with Gasteiger partial charge in [-0.3, -0.25) is 19.9 Å². The maximum atomic E-state index is 12.3. The molecule has 2 aromatic heterocycles. The molecule has 4 aromatic rings. The summed E-state index contributed by atoms with van der Waals surface area (Å²) < 4.78 is 5.34. The van der Waals surface area contributed by atoms with E-state index in [9.17, 15) is 14.4 Å². The van der Waals surface area contributed by atoms with E-state index in [-0.39, 0.29) is 11.5 Å². The number of aryl methyl sites for hydroxylation is 1. The number of aromatic amines is 1. The molecule has 5 N–H and O–H groups in total. The van der Waals surface area contributed by atoms with Gasteiger partial charge in [0.25, 0.3) is 5.91 Å². The van der Waals surface area contributed by atoms with Gasteiger partial charge < -0.3 is 20.8 Å². The number of aromatic nitrogens is 2. The van der Waals surface area contributed by atoms with Gasteiger partial charge in [-0.1, -0.05) is 0 Å². The topological polar surface area (TPSA) is 139 Å². The lowest BCUT2D eigenvalue weighted by Gasteiger charge is -2.10. The third-order valence-corrected chi connectivity index (χ3v) is 4.59. The minimum atomic E-state index is -0.673. The zero-order valence-electron chi connectivity index (χ0n) is 17.0. The summed E-state index contributed by atoms with van der Waals surface area (Å²) >= 11 is 0. The molecule has 0 aliphatic rings. The van der Waals surface area contributed by atoms with Gasteiger partial charge in [0.05, 0.1) is 11.1 Å². The van der Waals surface area contributed by atoms with Crippen LogP contribution in [0.3, 0.4) is 0 Å². The van der Waals surface area contributed by atoms with Crippen molar-refractivity contribution >= 4 is 40.0 Å². The molecule has 0 unspecified atom stereocenters. The van der Waals surface area contributed by atoms with Crippen LogP contribution in [-0.4, -0.2) is 22.0 Å². The molecule has 0 aliphatic carbocycles. The predicted molar refractivity (Wildman–Crippen MR) is 122 cm³/mol. The van der Waals surface area contributed by atoms with E-state index in [0.29, 0.717) is 33.8 Å². The molecule has 0 bridgehead atoms. The number of ether oxygens (including phenoxy) is 1. The van der Waals surface area contributed by atoms with Crippen molar-refractivity contribution in [3.05, 3.63) is 88.5 Å². The molecule has 4 rings (SSSR count). The zero-order chi connectivity index (χ0) is 22.7. The number of fused-ring (bicyclic) bond motifs is 1. The van der Waals surface area contributed by atoms with E-state index in [1.165, 1.54) is 18.3 Å². The van der Waals surface area contributed by atoms with Crippen LogP contribution in [0.5, 0.6) is 5.75 Å². The maximum absolute atomic E-state index is 12.3. The lowest BCUT2D eigenvalue weighted by atomic mass is 10.1. The molecular formula is C23H19N5O4. The molecule has 0 saturated carbocycles. The SMILES string of the molecule is Cc1cc(N)c2cc(OC(=O)Nc3ccc(NC(=O)c4ccc(=O)[nH]c4)cc3)ccc2n1. The number of pyridine rings is 2. The Kier molecular flexibility index (Phi) is 5.54. The van der Waals surface area contributed by atoms with Crippen molar-refractivity contribution in [2.75, 3.05) is 16.4 Å². The molecule has 0 fully saturated rings. The van der Waals surface area contributed by atoms with Crippen LogP contribution < -0.4 is 26.7 Å². The Morgan fingerprint density at radius 3 is 2.38 bits per heavy atom. The molecule has 160 valence electrons. The van der Waals surface area contributed by atoms with Gasteiger partial charge in [0.15, 0.2) is 0 Å². The van der Waals surface area contributed by atoms with Gasteiger partial charge in [-0.2, -0.15) is 0 Å². The Balaban J connectivity index is 1.38. The Labute approximate surface area is 182 Å². The molecule has 0 spiro atoms. The number of carbonyl (C=O) groups is 2. The smallest absolute Gasteiger partial charge is 0.410 e. The average molecular weight is 429 g/mol. The highest BCUT2D eigenvalue weighted by molar-refractivity contribution is 6.04. The van der Waals surface area contributed by atoms with E-state index in [0.717, 1.165) is 11.2 Å². The number of rotatable bonds is 4. The van der Waals surface area contributed by atoms with Gasteiger partial charge in [0.1, 0.15) is 5.75 Å². The second-order valence-corrected chi connectivity index (χ2v) is 7.02. The number of nitrogens with one attached hydrogen (secondary N) is 3. The van der Waals surface area contributed by atoms with Crippen LogP contribution in [0.4, 0.5) is 21.9 Å². The highest BCUT2D eigenvalue weighted by Crippen LogP contribution is 2.25. The Morgan fingerprint density at radius 1 is 0.969 bits per heavy atom. The Bertz CT molecular complexity index is 1360. The van der Waals surface area contributed by atoms with Gasteiger partial charge in [-0.05, 0) is 61.5 Å². The van der Waals surface area contributed by atoms with Gasteiger partial charge in [-0.25, -0.2) is 4.79 Å². The number of hydrogen-bond donors (Lipinski definition) is 4. The van der Waals surface area contributed by atoms with Crippen LogP contribution in [0, 0.1) is 6.92 Å². The van der Waals surface area contributed by atoms with Crippen molar-refractivity contribution < 1.29 is 14.3 Å². The van der Waals surface area contributed by atoms with E-state index < -0.39 is 6.09 Å². The number of carbonyl (C=O) groups excluding carboxylic acids is 2. The van der Waals surface area contributed by atoms with Crippen LogP contribution in [-0.2, 0) is 0 Å². The van der Waals surface area contributed by atoms with E-state index in [1.54, 1.807) is 48.5 Å². The molecule has 0 aliphatic heterocycles. The van der Waals surface area contributed by atoms with Gasteiger partial charge in [-0.15, -0.1) is 0 Å². The fourth-order valence-electron chi connectivity index (χ4n) is 3.07. The quantitative estimate of drug-likeness (QED) is 0.390. The minimum absolute atomic E-state index is 0.289. The molecule has 9 nitrogen and oxygen atoms in total. The third kappa shape index (κ3) is 4.73. The van der Waals surface area contributed by atoms with Gasteiger partial charge in [0, 0.05) is 40.4 Å². The van der Waals surface area contributed by atoms with Crippen LogP contribution in [0.2, 0.25) is 0 Å². The molecule has 0 saturated heterocycles. The number of nitrogens with zero attached hydrogens (tertiary/aromatic N) is 1. The second-order valence-electron chi connectivity index (χ2n) is 7.02. The summed E-state index contributed by atoms with van der Waals surface area (Å²) in [6, 6.07) is 16.0. The first kappa shape index (κ1) is 20.6. The predicted octanol–water partition coefficient (Wildman–Crippen LogP) is 3.68. The van der Waals surface area contributed by atoms with Crippen LogP contribution in [0.25, 0.3) is 10.9 Å². The number of anilines is 3. The first-order valence-electron chi connectivity index (χ1n) is 9.63. The lowest BCUT2D eigenvalue weighted by molar-refractivity contribution is 0.102. The number of nitrogens with two attached hydrogens (primary N) is 1. The summed E-state index contributed by atoms with van der Waals surface area (Å²) in [6.45, 7) is 1.86. The van der Waals surface area contributed by atoms with Crippen molar-refractivity contribution in [1.82, 2.24) is 9.97 Å². The minimum Gasteiger partial charge on any atom is -0.410 e. The maximum Gasteiger partial charge on any atom is 0.417 e. The summed E-state index contributed by atoms with van der Waals surface area (Å²) in [5, 5.41) is 6.02. The van der Waals surface area contributed by atoms with Crippen molar-refractivity contribution in [3.8, 4) is 5.75 Å². The summed E-state index contributed by atoms with van der Waals surface area (Å²) in [7, 11) is 0. The molecule has 9 heteroatoms. The number of amides is 2. The molecular weight excluding hydrogens is 410 g/mol. The molecule has 2 heterocycles. The van der Waals surface area contributed by atoms with Crippen LogP contribution in [0.15, 0.2) is 71.7 Å². The molecule has 2 aromatic carbocycles. The van der Waals surface area contributed by atoms with Crippen molar-refractivity contribution in [1.29, 1.82) is 0 Å². The third-order valence-electron chi connectivity index (χ3n) is 4.59. The lowest BCUT2D eigenvalue weighted by Crippen LogP contribution is -2.17. The average Bonchev–Trinajstić information content (AvgIpc) is 2.76. The van der Waals surface area contributed by atoms with Gasteiger partial charge >= 0.3 is 6.09 Å². The number of hydrogen-bond acceptors (Lipinski definition) is 6. The van der Waals surface area contributed by atoms with E-state index in [1.807, 2.05) is 6.92 Å². The monoisotopic (exact) mass is 429 g/mol. The van der Waals surface area contributed by atoms with Gasteiger partial charge in [0.2, 0.25) is 5.56 Å². The normalized spacial score (nSPS) is 10.5. The summed E-state index contributed by atoms with van der Waals surface area (Å²) in [6.07, 6.45) is 0.661. The molecule has 32 heavy (non-hydrogen) atoms. The van der Waals surface area contributed by atoms with E-state index >= 15 is 0 Å². The summed E-state index contributed by atoms with van der Waals surface area (Å²) in [5.74, 6) is -0.0428. The summed E-state index contributed by atoms with van der Waals surface area (Å²) in [5.41, 5.74) is 9.14. The molecule has 2 amide bonds. The largest absolute Gasteiger partial charge is 0.417 e. The number of H-pyrrole nitrogens is 1. The van der Waals surface area contributed by atoms with Crippen LogP contribution in [0.1, 0.15) is 16.1 Å². The van der Waals surface area contributed by atoms with Crippen molar-refractivity contribution in [2.24, 2.45) is 0 Å². The van der Waals surface area contributed by atoms with Crippen molar-refractivity contribution in [3.63, 3.8) is 0 Å². The second kappa shape index (κ2) is 8.60. The standard InChI is InChI=1S/C23H19N5O4/c1-13-10-19(24)18-11-17(7-8-20(18)26-13)32-23(31)28-16-5-3-15(4-6-16)27-22(30)14-2-9-21(29)25-12-14/h2-12H,1H3,(H2,24,26)(H,25,29)(H,27,30)(H,28,31). The number of nitrogen functional groups attached to an aromatic ring is 1. The zero-order valence-corrected chi connectivity index (χ0v) is 17.0. The highest BCUT2D eigenvalue weighted by Gasteiger charge is 2.10. The number of benzene rings is 2. The fraction of sp³-hybridized carbons (Fsp3) is 0.0435. The first-order chi connectivity index (χ1) is 15.4. The Hall–Kier alpha value is -4.66. The van der Waals surface area contributed by atoms with Crippen molar-refractivity contribution in [2.45, 2.75) is 6.92 Å². The fourth-order valence-corrected chi connectivity index (χ4v) is 3.07. The Morgan fingerprint density at radius 2 is 1.69 bits per heavy atom. The summed E-state index contributed by atoms with van der Waals surface area (Å²) in [4.78, 5) is 42.4. The first-order valence-corrected chi connectivity index (χ1v) is 9.63. The molecule has 0 atom stereocenters. The van der Waals surface area contributed by atoms with Crippen LogP contribution >= 0.6 is 0 Å². The van der Waals surface area contributed by atoms with E-state index in [4.69, 9.17) is 10.5 Å². The van der Waals surface area contributed by atoms with E-state index in [2.05, 4.69) is 20.6 Å². The highest BCUT2D eigenvalue weighted by atomic mass is 16.6.